The zero-order chi connectivity index (χ0) is 11.1. The molecule has 84 valence electrons. The van der Waals surface area contributed by atoms with Gasteiger partial charge in [-0.2, -0.15) is 0 Å². The van der Waals surface area contributed by atoms with Crippen LogP contribution in [0.4, 0.5) is 0 Å². The second-order valence-electron chi connectivity index (χ2n) is 3.04. The Balaban J connectivity index is 2.60. The standard InChI is InChI=1S/C11H17NO3/c1-3-14-11(15-4-2)8-12-7-5-6-10(12)9-13/h5-7,9,11H,3-4,8H2,1-2H3. The van der Waals surface area contributed by atoms with Gasteiger partial charge in [0, 0.05) is 19.4 Å². The van der Waals surface area contributed by atoms with Gasteiger partial charge in [0.25, 0.3) is 0 Å². The third-order valence-corrected chi connectivity index (χ3v) is 2.04. The fourth-order valence-corrected chi connectivity index (χ4v) is 1.39. The first-order valence-electron chi connectivity index (χ1n) is 5.15. The van der Waals surface area contributed by atoms with Crippen molar-refractivity contribution in [3.63, 3.8) is 0 Å². The van der Waals surface area contributed by atoms with E-state index in [9.17, 15) is 4.79 Å². The Kier molecular flexibility index (Phi) is 5.07. The maximum atomic E-state index is 10.7. The van der Waals surface area contributed by atoms with Crippen molar-refractivity contribution in [1.82, 2.24) is 4.57 Å². The highest BCUT2D eigenvalue weighted by Gasteiger charge is 2.10. The van der Waals surface area contributed by atoms with Crippen LogP contribution in [0.1, 0.15) is 24.3 Å². The van der Waals surface area contributed by atoms with Crippen molar-refractivity contribution in [1.29, 1.82) is 0 Å². The first kappa shape index (κ1) is 11.9. The van der Waals surface area contributed by atoms with Crippen LogP contribution in [-0.2, 0) is 16.0 Å². The second-order valence-corrected chi connectivity index (χ2v) is 3.04. The summed E-state index contributed by atoms with van der Waals surface area (Å²) in [6.07, 6.45) is 2.38. The van der Waals surface area contributed by atoms with Gasteiger partial charge in [-0.25, -0.2) is 0 Å². The summed E-state index contributed by atoms with van der Waals surface area (Å²) < 4.78 is 12.6. The van der Waals surface area contributed by atoms with Crippen molar-refractivity contribution in [2.45, 2.75) is 26.7 Å². The molecule has 0 unspecified atom stereocenters. The first-order chi connectivity index (χ1) is 7.31. The van der Waals surface area contributed by atoms with Gasteiger partial charge in [0.1, 0.15) is 0 Å². The van der Waals surface area contributed by atoms with E-state index in [1.54, 1.807) is 6.07 Å². The molecule has 0 aliphatic heterocycles. The molecule has 0 aromatic carbocycles. The third-order valence-electron chi connectivity index (χ3n) is 2.04. The summed E-state index contributed by atoms with van der Waals surface area (Å²) in [7, 11) is 0. The molecule has 15 heavy (non-hydrogen) atoms. The summed E-state index contributed by atoms with van der Waals surface area (Å²) in [4.78, 5) is 10.7. The molecule has 0 bridgehead atoms. The Labute approximate surface area is 89.8 Å². The Hall–Kier alpha value is -1.13. The monoisotopic (exact) mass is 211 g/mol. The summed E-state index contributed by atoms with van der Waals surface area (Å²) in [5.41, 5.74) is 0.638. The third kappa shape index (κ3) is 3.49. The molecule has 0 radical (unpaired) electrons. The zero-order valence-electron chi connectivity index (χ0n) is 9.18. The van der Waals surface area contributed by atoms with Crippen molar-refractivity contribution in [3.8, 4) is 0 Å². The van der Waals surface area contributed by atoms with Gasteiger partial charge in [0.05, 0.1) is 12.2 Å². The van der Waals surface area contributed by atoms with E-state index in [0.717, 1.165) is 6.29 Å². The molecule has 1 heterocycles. The van der Waals surface area contributed by atoms with Gasteiger partial charge in [-0.15, -0.1) is 0 Å². The number of rotatable bonds is 7. The maximum absolute atomic E-state index is 10.7. The average molecular weight is 211 g/mol. The van der Waals surface area contributed by atoms with E-state index >= 15 is 0 Å². The molecule has 0 saturated heterocycles. The minimum absolute atomic E-state index is 0.286. The van der Waals surface area contributed by atoms with Crippen molar-refractivity contribution in [2.24, 2.45) is 0 Å². The van der Waals surface area contributed by atoms with Gasteiger partial charge in [-0.1, -0.05) is 0 Å². The van der Waals surface area contributed by atoms with E-state index in [-0.39, 0.29) is 6.29 Å². The highest BCUT2D eigenvalue weighted by atomic mass is 16.7. The molecular weight excluding hydrogens is 194 g/mol. The van der Waals surface area contributed by atoms with Gasteiger partial charge < -0.3 is 14.0 Å². The van der Waals surface area contributed by atoms with E-state index < -0.39 is 0 Å². The Bertz CT molecular complexity index is 290. The quantitative estimate of drug-likeness (QED) is 0.509. The largest absolute Gasteiger partial charge is 0.351 e. The topological polar surface area (TPSA) is 40.5 Å². The van der Waals surface area contributed by atoms with Gasteiger partial charge in [0.15, 0.2) is 12.6 Å². The average Bonchev–Trinajstić information content (AvgIpc) is 2.66. The second kappa shape index (κ2) is 6.37. The number of hydrogen-bond acceptors (Lipinski definition) is 3. The van der Waals surface area contributed by atoms with Gasteiger partial charge >= 0.3 is 0 Å². The lowest BCUT2D eigenvalue weighted by molar-refractivity contribution is -0.143. The molecule has 1 aromatic heterocycles. The summed E-state index contributed by atoms with van der Waals surface area (Å²) in [6.45, 7) is 5.58. The SMILES string of the molecule is CCOC(Cn1cccc1C=O)OCC. The molecule has 0 amide bonds. The fourth-order valence-electron chi connectivity index (χ4n) is 1.39. The summed E-state index contributed by atoms with van der Waals surface area (Å²) in [5, 5.41) is 0. The lowest BCUT2D eigenvalue weighted by atomic mass is 10.4. The van der Waals surface area contributed by atoms with Crippen molar-refractivity contribution >= 4 is 6.29 Å². The van der Waals surface area contributed by atoms with E-state index in [1.807, 2.05) is 30.7 Å². The van der Waals surface area contributed by atoms with Crippen molar-refractivity contribution in [3.05, 3.63) is 24.0 Å². The molecule has 4 heteroatoms. The molecule has 0 saturated carbocycles. The Morgan fingerprint density at radius 2 is 2.07 bits per heavy atom. The minimum Gasteiger partial charge on any atom is -0.351 e. The molecule has 1 rings (SSSR count). The molecule has 0 atom stereocenters. The van der Waals surface area contributed by atoms with Crippen molar-refractivity contribution < 1.29 is 14.3 Å². The molecule has 0 aliphatic rings. The van der Waals surface area contributed by atoms with E-state index in [0.29, 0.717) is 25.5 Å². The van der Waals surface area contributed by atoms with E-state index in [2.05, 4.69) is 0 Å². The number of aromatic nitrogens is 1. The van der Waals surface area contributed by atoms with E-state index in [1.165, 1.54) is 0 Å². The molecule has 0 spiro atoms. The maximum Gasteiger partial charge on any atom is 0.175 e. The molecule has 0 aliphatic carbocycles. The Morgan fingerprint density at radius 3 is 2.60 bits per heavy atom. The number of ether oxygens (including phenoxy) is 2. The zero-order valence-corrected chi connectivity index (χ0v) is 9.18. The van der Waals surface area contributed by atoms with Gasteiger partial charge in [0.2, 0.25) is 0 Å². The molecule has 0 N–H and O–H groups in total. The van der Waals surface area contributed by atoms with Crippen LogP contribution in [0.2, 0.25) is 0 Å². The summed E-state index contributed by atoms with van der Waals surface area (Å²) >= 11 is 0. The minimum atomic E-state index is -0.286. The predicted octanol–water partition coefficient (Wildman–Crippen LogP) is 1.70. The normalized spacial score (nSPS) is 10.9. The highest BCUT2D eigenvalue weighted by Crippen LogP contribution is 2.04. The van der Waals surface area contributed by atoms with Crippen LogP contribution in [0.3, 0.4) is 0 Å². The summed E-state index contributed by atoms with van der Waals surface area (Å²) in [5.74, 6) is 0. The predicted molar refractivity (Wildman–Crippen MR) is 56.9 cm³/mol. The van der Waals surface area contributed by atoms with Crippen LogP contribution in [0.25, 0.3) is 0 Å². The number of aldehydes is 1. The van der Waals surface area contributed by atoms with Crippen LogP contribution >= 0.6 is 0 Å². The van der Waals surface area contributed by atoms with Crippen LogP contribution in [-0.4, -0.2) is 30.4 Å². The fraction of sp³-hybridized carbons (Fsp3) is 0.545. The van der Waals surface area contributed by atoms with E-state index in [4.69, 9.17) is 9.47 Å². The lowest BCUT2D eigenvalue weighted by Crippen LogP contribution is -2.24. The molecule has 1 aromatic rings. The Morgan fingerprint density at radius 1 is 1.40 bits per heavy atom. The van der Waals surface area contributed by atoms with Crippen molar-refractivity contribution in [2.75, 3.05) is 13.2 Å². The number of carbonyl (C=O) groups excluding carboxylic acids is 1. The lowest BCUT2D eigenvalue weighted by Gasteiger charge is -2.18. The number of carbonyl (C=O) groups is 1. The number of hydrogen-bond donors (Lipinski definition) is 0. The molecular formula is C11H17NO3. The first-order valence-corrected chi connectivity index (χ1v) is 5.15. The smallest absolute Gasteiger partial charge is 0.175 e. The van der Waals surface area contributed by atoms with Gasteiger partial charge in [-0.3, -0.25) is 4.79 Å². The van der Waals surface area contributed by atoms with Crippen LogP contribution in [0, 0.1) is 0 Å². The highest BCUT2D eigenvalue weighted by molar-refractivity contribution is 5.72. The molecule has 4 nitrogen and oxygen atoms in total. The summed E-state index contributed by atoms with van der Waals surface area (Å²) in [6, 6.07) is 3.60. The molecule has 0 fully saturated rings. The number of nitrogens with zero attached hydrogens (tertiary/aromatic N) is 1. The van der Waals surface area contributed by atoms with Crippen LogP contribution in [0.5, 0.6) is 0 Å². The van der Waals surface area contributed by atoms with Crippen LogP contribution < -0.4 is 0 Å². The van der Waals surface area contributed by atoms with Crippen LogP contribution in [0.15, 0.2) is 18.3 Å². The van der Waals surface area contributed by atoms with Gasteiger partial charge in [-0.05, 0) is 26.0 Å².